The van der Waals surface area contributed by atoms with E-state index in [1.165, 1.54) is 0 Å². The fourth-order valence-corrected chi connectivity index (χ4v) is 5.28. The van der Waals surface area contributed by atoms with E-state index < -0.39 is 29.9 Å². The van der Waals surface area contributed by atoms with Crippen LogP contribution in [0.25, 0.3) is 11.1 Å². The maximum absolute atomic E-state index is 13.1. The van der Waals surface area contributed by atoms with Crippen molar-refractivity contribution in [2.24, 2.45) is 5.92 Å². The van der Waals surface area contributed by atoms with Crippen LogP contribution in [0.3, 0.4) is 0 Å². The number of likely N-dealkylation sites (N-methyl/N-ethyl adjacent to an activating group) is 1. The number of fused-ring (bicyclic) bond motifs is 3. The minimum atomic E-state index is -1.10. The molecule has 40 heavy (non-hydrogen) atoms. The van der Waals surface area contributed by atoms with E-state index in [1.54, 1.807) is 0 Å². The molecule has 2 unspecified atom stereocenters. The van der Waals surface area contributed by atoms with E-state index >= 15 is 0 Å². The summed E-state index contributed by atoms with van der Waals surface area (Å²) in [7, 11) is 1.82. The van der Waals surface area contributed by atoms with Gasteiger partial charge in [0.25, 0.3) is 0 Å². The first-order chi connectivity index (χ1) is 19.4. The van der Waals surface area contributed by atoms with Crippen molar-refractivity contribution in [1.29, 1.82) is 0 Å². The van der Waals surface area contributed by atoms with Gasteiger partial charge in [0, 0.05) is 25.6 Å². The quantitative estimate of drug-likeness (QED) is 0.290. The summed E-state index contributed by atoms with van der Waals surface area (Å²) in [5, 5.41) is 15.1. The minimum Gasteiger partial charge on any atom is -0.480 e. The largest absolute Gasteiger partial charge is 0.480 e. The van der Waals surface area contributed by atoms with Crippen molar-refractivity contribution in [2.45, 2.75) is 38.3 Å². The Morgan fingerprint density at radius 1 is 0.925 bits per heavy atom. The number of carbonyl (C=O) groups is 3. The van der Waals surface area contributed by atoms with Gasteiger partial charge < -0.3 is 20.5 Å². The Kier molecular flexibility index (Phi) is 9.91. The number of hydrogen-bond donors (Lipinski definition) is 3. The molecule has 3 aromatic rings. The van der Waals surface area contributed by atoms with Crippen molar-refractivity contribution in [3.8, 4) is 11.1 Å². The highest BCUT2D eigenvalue weighted by Gasteiger charge is 2.30. The number of hydrogen-bond acceptors (Lipinski definition) is 5. The topological polar surface area (TPSA) is 108 Å². The van der Waals surface area contributed by atoms with Crippen LogP contribution in [0.1, 0.15) is 42.4 Å². The van der Waals surface area contributed by atoms with Crippen LogP contribution in [-0.4, -0.2) is 60.8 Å². The van der Waals surface area contributed by atoms with Gasteiger partial charge >= 0.3 is 12.1 Å². The summed E-state index contributed by atoms with van der Waals surface area (Å²) < 4.78 is 5.59. The third kappa shape index (κ3) is 7.27. The summed E-state index contributed by atoms with van der Waals surface area (Å²) in [5.41, 5.74) is 5.59. The molecule has 0 aromatic heterocycles. The molecule has 210 valence electrons. The van der Waals surface area contributed by atoms with E-state index in [0.717, 1.165) is 27.8 Å². The zero-order valence-corrected chi connectivity index (χ0v) is 23.0. The monoisotopic (exact) mass is 543 g/mol. The molecule has 1 aliphatic carbocycles. The van der Waals surface area contributed by atoms with Gasteiger partial charge in [-0.3, -0.25) is 9.69 Å². The molecule has 0 saturated heterocycles. The number of alkyl carbamates (subject to hydrolysis) is 1. The van der Waals surface area contributed by atoms with Crippen molar-refractivity contribution in [3.05, 3.63) is 95.6 Å². The number of benzene rings is 3. The number of nitrogens with zero attached hydrogens (tertiary/aromatic N) is 1. The van der Waals surface area contributed by atoms with E-state index in [9.17, 15) is 19.5 Å². The normalized spacial score (nSPS) is 13.7. The van der Waals surface area contributed by atoms with Crippen LogP contribution in [0.5, 0.6) is 0 Å². The van der Waals surface area contributed by atoms with Gasteiger partial charge in [-0.2, -0.15) is 0 Å². The molecule has 8 heteroatoms. The average molecular weight is 544 g/mol. The molecule has 0 bridgehead atoms. The number of ether oxygens (including phenoxy) is 1. The van der Waals surface area contributed by atoms with Crippen molar-refractivity contribution >= 4 is 18.0 Å². The molecule has 3 aromatic carbocycles. The highest BCUT2D eigenvalue weighted by Crippen LogP contribution is 2.44. The van der Waals surface area contributed by atoms with Crippen LogP contribution in [0.15, 0.2) is 78.9 Å². The smallest absolute Gasteiger partial charge is 0.407 e. The molecule has 0 fully saturated rings. The number of rotatable bonds is 13. The Labute approximate surface area is 235 Å². The number of carboxylic acids is 1. The van der Waals surface area contributed by atoms with Gasteiger partial charge in [0.2, 0.25) is 5.91 Å². The Morgan fingerprint density at radius 3 is 2.12 bits per heavy atom. The second-order valence-corrected chi connectivity index (χ2v) is 10.3. The summed E-state index contributed by atoms with van der Waals surface area (Å²) in [6, 6.07) is 24.9. The molecule has 2 amide bonds. The van der Waals surface area contributed by atoms with E-state index in [1.807, 2.05) is 73.5 Å². The van der Waals surface area contributed by atoms with Crippen LogP contribution in [-0.2, 0) is 20.9 Å². The molecule has 1 aliphatic rings. The Bertz CT molecular complexity index is 1270. The lowest BCUT2D eigenvalue weighted by Gasteiger charge is -2.24. The number of aliphatic carboxylic acids is 1. The standard InChI is InChI=1S/C32H37N3O5/c1-3-11-23(30(36)34-29(31(37)38)20-35(2)19-22-12-5-4-6-13-22)18-33-32(39)40-21-28-26-16-9-7-14-24(26)25-15-8-10-17-27(25)28/h4-10,12-17,23,28-29H,3,11,18-21H2,1-2H3,(H,33,39)(H,34,36)(H,37,38). The summed E-state index contributed by atoms with van der Waals surface area (Å²) in [6.07, 6.45) is 0.603. The van der Waals surface area contributed by atoms with Gasteiger partial charge in [-0.25, -0.2) is 9.59 Å². The Balaban J connectivity index is 1.30. The molecule has 0 spiro atoms. The van der Waals surface area contributed by atoms with Crippen LogP contribution >= 0.6 is 0 Å². The Morgan fingerprint density at radius 2 is 1.52 bits per heavy atom. The summed E-state index contributed by atoms with van der Waals surface area (Å²) in [6.45, 7) is 2.88. The first-order valence-electron chi connectivity index (χ1n) is 13.7. The Hall–Kier alpha value is -4.17. The van der Waals surface area contributed by atoms with Crippen molar-refractivity contribution in [2.75, 3.05) is 26.7 Å². The zero-order valence-electron chi connectivity index (χ0n) is 23.0. The van der Waals surface area contributed by atoms with Crippen molar-refractivity contribution in [1.82, 2.24) is 15.5 Å². The van der Waals surface area contributed by atoms with Gasteiger partial charge in [-0.15, -0.1) is 0 Å². The fraction of sp³-hybridized carbons (Fsp3) is 0.344. The fourth-order valence-electron chi connectivity index (χ4n) is 5.28. The molecular formula is C32H37N3O5. The van der Waals surface area contributed by atoms with Gasteiger partial charge in [-0.05, 0) is 41.3 Å². The zero-order chi connectivity index (χ0) is 28.5. The van der Waals surface area contributed by atoms with Gasteiger partial charge in [0.1, 0.15) is 12.6 Å². The van der Waals surface area contributed by atoms with E-state index in [2.05, 4.69) is 34.9 Å². The number of carbonyl (C=O) groups excluding carboxylic acids is 2. The van der Waals surface area contributed by atoms with E-state index in [4.69, 9.17) is 4.74 Å². The lowest BCUT2D eigenvalue weighted by atomic mass is 9.98. The molecule has 0 radical (unpaired) electrons. The number of nitrogens with one attached hydrogen (secondary N) is 2. The number of carboxylic acid groups (broad SMARTS) is 1. The summed E-state index contributed by atoms with van der Waals surface area (Å²) in [4.78, 5) is 39.5. The highest BCUT2D eigenvalue weighted by molar-refractivity contribution is 5.85. The van der Waals surface area contributed by atoms with Gasteiger partial charge in [-0.1, -0.05) is 92.2 Å². The maximum atomic E-state index is 13.1. The summed E-state index contributed by atoms with van der Waals surface area (Å²) in [5.74, 6) is -2.14. The SMILES string of the molecule is CCCC(CNC(=O)OCC1c2ccccc2-c2ccccc21)C(=O)NC(CN(C)Cc1ccccc1)C(=O)O. The number of amides is 2. The molecule has 2 atom stereocenters. The molecule has 0 heterocycles. The van der Waals surface area contributed by atoms with Crippen molar-refractivity contribution in [3.63, 3.8) is 0 Å². The highest BCUT2D eigenvalue weighted by atomic mass is 16.5. The molecule has 4 rings (SSSR count). The molecular weight excluding hydrogens is 506 g/mol. The predicted octanol–water partition coefficient (Wildman–Crippen LogP) is 4.64. The van der Waals surface area contributed by atoms with Crippen LogP contribution in [0.4, 0.5) is 4.79 Å². The summed E-state index contributed by atoms with van der Waals surface area (Å²) >= 11 is 0. The minimum absolute atomic E-state index is 0.0581. The molecule has 0 saturated carbocycles. The second kappa shape index (κ2) is 13.8. The third-order valence-corrected chi connectivity index (χ3v) is 7.25. The first-order valence-corrected chi connectivity index (χ1v) is 13.7. The first kappa shape index (κ1) is 28.8. The predicted molar refractivity (Wildman–Crippen MR) is 154 cm³/mol. The lowest BCUT2D eigenvalue weighted by Crippen LogP contribution is -2.50. The van der Waals surface area contributed by atoms with E-state index in [0.29, 0.717) is 19.4 Å². The van der Waals surface area contributed by atoms with Crippen LogP contribution in [0.2, 0.25) is 0 Å². The third-order valence-electron chi connectivity index (χ3n) is 7.25. The average Bonchev–Trinajstić information content (AvgIpc) is 3.27. The molecule has 8 nitrogen and oxygen atoms in total. The second-order valence-electron chi connectivity index (χ2n) is 10.3. The maximum Gasteiger partial charge on any atom is 0.407 e. The van der Waals surface area contributed by atoms with Crippen LogP contribution < -0.4 is 10.6 Å². The van der Waals surface area contributed by atoms with Gasteiger partial charge in [0.05, 0.1) is 5.92 Å². The lowest BCUT2D eigenvalue weighted by molar-refractivity contribution is -0.143. The molecule has 3 N–H and O–H groups in total. The molecule has 0 aliphatic heterocycles. The van der Waals surface area contributed by atoms with E-state index in [-0.39, 0.29) is 25.6 Å². The van der Waals surface area contributed by atoms with Crippen LogP contribution in [0, 0.1) is 5.92 Å². The van der Waals surface area contributed by atoms with Crippen molar-refractivity contribution < 1.29 is 24.2 Å². The van der Waals surface area contributed by atoms with Gasteiger partial charge in [0.15, 0.2) is 0 Å².